The largest absolute Gasteiger partial charge is 0.423 e. The van der Waals surface area contributed by atoms with Crippen LogP contribution in [0.4, 0.5) is 0 Å². The third kappa shape index (κ3) is 10.4. The standard InChI is InChI=1S/C35H38O2/c1-3-5-7-9-10-12-14-30-21-25-33(26-22-30)35(36)37-34-27-23-32(24-28-34)20-19-31-17-15-29(16-18-31)13-11-8-6-4-2/h15-18,21-28H,3-10,12,14H2,1-2H3. The smallest absolute Gasteiger partial charge is 0.343 e. The molecule has 0 aromatic heterocycles. The molecule has 0 amide bonds. The number of carbonyl (C=O) groups is 1. The van der Waals surface area contributed by atoms with Crippen LogP contribution in [0.25, 0.3) is 0 Å². The summed E-state index contributed by atoms with van der Waals surface area (Å²) < 4.78 is 5.55. The molecule has 0 bridgehead atoms. The van der Waals surface area contributed by atoms with Gasteiger partial charge in [-0.2, -0.15) is 0 Å². The molecule has 2 heteroatoms. The van der Waals surface area contributed by atoms with Crippen molar-refractivity contribution >= 4 is 5.97 Å². The summed E-state index contributed by atoms with van der Waals surface area (Å²) in [5.41, 5.74) is 4.65. The predicted octanol–water partition coefficient (Wildman–Crippen LogP) is 8.75. The Balaban J connectivity index is 1.47. The minimum absolute atomic E-state index is 0.345. The van der Waals surface area contributed by atoms with Crippen LogP contribution in [0.2, 0.25) is 0 Å². The summed E-state index contributed by atoms with van der Waals surface area (Å²) in [4.78, 5) is 12.5. The van der Waals surface area contributed by atoms with E-state index in [1.165, 1.54) is 50.5 Å². The van der Waals surface area contributed by atoms with Gasteiger partial charge in [0.15, 0.2) is 0 Å². The molecule has 0 heterocycles. The maximum absolute atomic E-state index is 12.5. The molecule has 3 aromatic carbocycles. The number of benzene rings is 3. The van der Waals surface area contributed by atoms with E-state index in [4.69, 9.17) is 4.74 Å². The summed E-state index contributed by atoms with van der Waals surface area (Å²) in [6.45, 7) is 4.41. The van der Waals surface area contributed by atoms with Gasteiger partial charge in [0, 0.05) is 23.1 Å². The van der Waals surface area contributed by atoms with Crippen LogP contribution in [0.3, 0.4) is 0 Å². The van der Waals surface area contributed by atoms with Crippen LogP contribution in [-0.2, 0) is 6.42 Å². The summed E-state index contributed by atoms with van der Waals surface area (Å²) in [5, 5.41) is 0. The Kier molecular flexibility index (Phi) is 12.1. The monoisotopic (exact) mass is 490 g/mol. The van der Waals surface area contributed by atoms with Crippen molar-refractivity contribution in [3.63, 3.8) is 0 Å². The average molecular weight is 491 g/mol. The lowest BCUT2D eigenvalue weighted by Crippen LogP contribution is -2.08. The van der Waals surface area contributed by atoms with Crippen LogP contribution < -0.4 is 4.74 Å². The summed E-state index contributed by atoms with van der Waals surface area (Å²) in [7, 11) is 0. The van der Waals surface area contributed by atoms with Crippen molar-refractivity contribution in [3.8, 4) is 29.4 Å². The normalized spacial score (nSPS) is 10.1. The molecule has 0 aliphatic carbocycles. The van der Waals surface area contributed by atoms with Gasteiger partial charge in [0.2, 0.25) is 0 Å². The number of hydrogen-bond donors (Lipinski definition) is 0. The zero-order valence-electron chi connectivity index (χ0n) is 22.3. The molecule has 0 radical (unpaired) electrons. The Morgan fingerprint density at radius 3 is 1.78 bits per heavy atom. The van der Waals surface area contributed by atoms with E-state index in [-0.39, 0.29) is 5.97 Å². The fraction of sp³-hybridized carbons (Fsp3) is 0.343. The average Bonchev–Trinajstić information content (AvgIpc) is 2.93. The highest BCUT2D eigenvalue weighted by Gasteiger charge is 2.08. The molecule has 0 unspecified atom stereocenters. The van der Waals surface area contributed by atoms with E-state index in [0.29, 0.717) is 11.3 Å². The molecule has 0 aliphatic rings. The van der Waals surface area contributed by atoms with Crippen molar-refractivity contribution in [2.24, 2.45) is 0 Å². The molecule has 0 N–H and O–H groups in total. The van der Waals surface area contributed by atoms with Crippen LogP contribution in [0.1, 0.15) is 104 Å². The highest BCUT2D eigenvalue weighted by molar-refractivity contribution is 5.91. The number of esters is 1. The van der Waals surface area contributed by atoms with Crippen LogP contribution in [0.5, 0.6) is 5.75 Å². The molecule has 0 aliphatic heterocycles. The number of hydrogen-bond acceptors (Lipinski definition) is 2. The maximum Gasteiger partial charge on any atom is 0.343 e. The van der Waals surface area contributed by atoms with Crippen molar-refractivity contribution in [1.29, 1.82) is 0 Å². The first-order valence-electron chi connectivity index (χ1n) is 13.7. The molecule has 0 spiro atoms. The molecule has 0 saturated heterocycles. The van der Waals surface area contributed by atoms with Gasteiger partial charge in [-0.05, 0) is 85.5 Å². The second kappa shape index (κ2) is 16.1. The van der Waals surface area contributed by atoms with Crippen molar-refractivity contribution in [1.82, 2.24) is 0 Å². The van der Waals surface area contributed by atoms with Gasteiger partial charge in [-0.25, -0.2) is 4.79 Å². The summed E-state index contributed by atoms with van der Waals surface area (Å²) >= 11 is 0. The number of ether oxygens (including phenoxy) is 1. The molecular weight excluding hydrogens is 452 g/mol. The zero-order chi connectivity index (χ0) is 26.1. The third-order valence-corrected chi connectivity index (χ3v) is 6.20. The van der Waals surface area contributed by atoms with Crippen molar-refractivity contribution in [2.75, 3.05) is 0 Å². The molecule has 0 fully saturated rings. The number of rotatable bonds is 11. The summed E-state index contributed by atoms with van der Waals surface area (Å²) in [5.74, 6) is 12.9. The highest BCUT2D eigenvalue weighted by atomic mass is 16.5. The summed E-state index contributed by atoms with van der Waals surface area (Å²) in [6, 6.07) is 23.1. The van der Waals surface area contributed by atoms with E-state index in [9.17, 15) is 4.79 Å². The van der Waals surface area contributed by atoms with Gasteiger partial charge in [0.05, 0.1) is 5.56 Å². The quantitative estimate of drug-likeness (QED) is 0.116. The highest BCUT2D eigenvalue weighted by Crippen LogP contribution is 2.16. The van der Waals surface area contributed by atoms with E-state index >= 15 is 0 Å². The van der Waals surface area contributed by atoms with Crippen molar-refractivity contribution in [3.05, 3.63) is 101 Å². The van der Waals surface area contributed by atoms with Crippen LogP contribution in [-0.4, -0.2) is 5.97 Å². The molecule has 0 saturated carbocycles. The zero-order valence-corrected chi connectivity index (χ0v) is 22.3. The van der Waals surface area contributed by atoms with Gasteiger partial charge < -0.3 is 4.74 Å². The molecular formula is C35H38O2. The van der Waals surface area contributed by atoms with Gasteiger partial charge in [-0.1, -0.05) is 88.2 Å². The second-order valence-corrected chi connectivity index (χ2v) is 9.36. The van der Waals surface area contributed by atoms with E-state index in [2.05, 4.69) is 37.5 Å². The third-order valence-electron chi connectivity index (χ3n) is 6.20. The van der Waals surface area contributed by atoms with Crippen molar-refractivity contribution in [2.45, 2.75) is 78.1 Å². The fourth-order valence-corrected chi connectivity index (χ4v) is 3.90. The van der Waals surface area contributed by atoms with Gasteiger partial charge in [-0.15, -0.1) is 0 Å². The Morgan fingerprint density at radius 2 is 1.16 bits per heavy atom. The number of aryl methyl sites for hydroxylation is 1. The molecule has 37 heavy (non-hydrogen) atoms. The van der Waals surface area contributed by atoms with Crippen molar-refractivity contribution < 1.29 is 9.53 Å². The Hall–Kier alpha value is -3.75. The number of carbonyl (C=O) groups excluding carboxylic acids is 1. The van der Waals surface area contributed by atoms with Crippen LogP contribution in [0.15, 0.2) is 72.8 Å². The predicted molar refractivity (Wildman–Crippen MR) is 154 cm³/mol. The second-order valence-electron chi connectivity index (χ2n) is 9.36. The molecule has 190 valence electrons. The minimum atomic E-state index is -0.345. The lowest BCUT2D eigenvalue weighted by molar-refractivity contribution is 0.0734. The Labute approximate surface area is 223 Å². The summed E-state index contributed by atoms with van der Waals surface area (Å²) in [6.07, 6.45) is 12.0. The molecule has 3 rings (SSSR count). The van der Waals surface area contributed by atoms with Gasteiger partial charge >= 0.3 is 5.97 Å². The van der Waals surface area contributed by atoms with Crippen LogP contribution >= 0.6 is 0 Å². The first-order valence-corrected chi connectivity index (χ1v) is 13.7. The minimum Gasteiger partial charge on any atom is -0.423 e. The first kappa shape index (κ1) is 27.8. The fourth-order valence-electron chi connectivity index (χ4n) is 3.90. The topological polar surface area (TPSA) is 26.3 Å². The lowest BCUT2D eigenvalue weighted by Gasteiger charge is -2.06. The molecule has 3 aromatic rings. The lowest BCUT2D eigenvalue weighted by atomic mass is 10.0. The van der Waals surface area contributed by atoms with Gasteiger partial charge in [-0.3, -0.25) is 0 Å². The van der Waals surface area contributed by atoms with E-state index < -0.39 is 0 Å². The number of unbranched alkanes of at least 4 members (excludes halogenated alkanes) is 7. The van der Waals surface area contributed by atoms with Crippen LogP contribution in [0, 0.1) is 23.7 Å². The van der Waals surface area contributed by atoms with E-state index in [1.807, 2.05) is 60.7 Å². The van der Waals surface area contributed by atoms with E-state index in [0.717, 1.165) is 36.0 Å². The Morgan fingerprint density at radius 1 is 0.622 bits per heavy atom. The van der Waals surface area contributed by atoms with Gasteiger partial charge in [0.1, 0.15) is 5.75 Å². The SMILES string of the molecule is CCCCC#Cc1ccc(C#Cc2ccc(OC(=O)c3ccc(CCCCCCCC)cc3)cc2)cc1. The maximum atomic E-state index is 12.5. The van der Waals surface area contributed by atoms with Gasteiger partial charge in [0.25, 0.3) is 0 Å². The molecule has 0 atom stereocenters. The first-order chi connectivity index (χ1) is 18.2. The Bertz CT molecular complexity index is 1210. The van der Waals surface area contributed by atoms with E-state index in [1.54, 1.807) is 12.1 Å². The molecule has 2 nitrogen and oxygen atoms in total.